The van der Waals surface area contributed by atoms with Crippen LogP contribution in [0.1, 0.15) is 5.56 Å². The monoisotopic (exact) mass is 465 g/mol. The van der Waals surface area contributed by atoms with Crippen molar-refractivity contribution in [2.75, 3.05) is 38.2 Å². The summed E-state index contributed by atoms with van der Waals surface area (Å²) in [5, 5.41) is 0.878. The van der Waals surface area contributed by atoms with Gasteiger partial charge in [0, 0.05) is 49.0 Å². The van der Waals surface area contributed by atoms with Crippen LogP contribution in [0, 0.1) is 0 Å². The maximum atomic E-state index is 13.1. The first-order chi connectivity index (χ1) is 15.3. The van der Waals surface area contributed by atoms with Gasteiger partial charge in [0.2, 0.25) is 0 Å². The smallest absolute Gasteiger partial charge is 0.416 e. The molecule has 1 aromatic heterocycles. The first-order valence-corrected chi connectivity index (χ1v) is 11.1. The summed E-state index contributed by atoms with van der Waals surface area (Å²) in [6.45, 7) is 2.28. The highest BCUT2D eigenvalue weighted by Crippen LogP contribution is 2.31. The van der Waals surface area contributed by atoms with Crippen LogP contribution in [0.5, 0.6) is 0 Å². The molecule has 1 aliphatic heterocycles. The van der Waals surface area contributed by atoms with Crippen LogP contribution in [-0.4, -0.2) is 52.3 Å². The van der Waals surface area contributed by atoms with Crippen LogP contribution >= 0.6 is 0 Å². The lowest BCUT2D eigenvalue weighted by Crippen LogP contribution is -2.46. The summed E-state index contributed by atoms with van der Waals surface area (Å²) in [7, 11) is -0.0188. The molecule has 10 heteroatoms. The van der Waals surface area contributed by atoms with Gasteiger partial charge in [0.25, 0.3) is 0 Å². The average Bonchev–Trinajstić information content (AvgIpc) is 3.20. The van der Waals surface area contributed by atoms with Crippen LogP contribution in [-0.2, 0) is 33.2 Å². The van der Waals surface area contributed by atoms with Crippen LogP contribution in [0.15, 0.2) is 59.6 Å². The standard InChI is InChI=1S/C22H22F3N3O3S/c1-31-21(29)15-27-9-8-16-14-19(6-7-20(16)27)32(30)28-12-10-26(11-13-28)18-4-2-17(3-5-18)22(23,24)25/h2-9,14H,10-13,15H2,1H3. The van der Waals surface area contributed by atoms with E-state index in [2.05, 4.69) is 0 Å². The molecule has 3 aromatic rings. The van der Waals surface area contributed by atoms with E-state index in [-0.39, 0.29) is 12.5 Å². The topological polar surface area (TPSA) is 54.8 Å². The number of fused-ring (bicyclic) bond motifs is 1. The third kappa shape index (κ3) is 4.66. The van der Waals surface area contributed by atoms with Gasteiger partial charge in [0.05, 0.1) is 17.6 Å². The van der Waals surface area contributed by atoms with E-state index in [4.69, 9.17) is 4.74 Å². The molecule has 1 unspecified atom stereocenters. The predicted octanol–water partition coefficient (Wildman–Crippen LogP) is 3.68. The van der Waals surface area contributed by atoms with Crippen LogP contribution < -0.4 is 4.90 Å². The molecule has 0 bridgehead atoms. The Morgan fingerprint density at radius 2 is 1.72 bits per heavy atom. The van der Waals surface area contributed by atoms with Gasteiger partial charge in [-0.25, -0.2) is 8.51 Å². The number of carbonyl (C=O) groups excluding carboxylic acids is 1. The molecule has 0 N–H and O–H groups in total. The first kappa shape index (κ1) is 22.3. The number of hydrogen-bond acceptors (Lipinski definition) is 4. The Bertz CT molecular complexity index is 1140. The minimum absolute atomic E-state index is 0.106. The summed E-state index contributed by atoms with van der Waals surface area (Å²) in [5.41, 5.74) is 0.900. The number of carbonyl (C=O) groups is 1. The van der Waals surface area contributed by atoms with E-state index in [1.807, 2.05) is 27.4 Å². The molecule has 0 aliphatic carbocycles. The summed E-state index contributed by atoms with van der Waals surface area (Å²) in [5.74, 6) is -0.346. The Labute approximate surface area is 185 Å². The van der Waals surface area contributed by atoms with Gasteiger partial charge in [-0.15, -0.1) is 0 Å². The Balaban J connectivity index is 1.41. The van der Waals surface area contributed by atoms with Crippen molar-refractivity contribution in [1.29, 1.82) is 0 Å². The van der Waals surface area contributed by atoms with E-state index >= 15 is 0 Å². The number of ether oxygens (including phenoxy) is 1. The van der Waals surface area contributed by atoms with E-state index < -0.39 is 22.7 Å². The van der Waals surface area contributed by atoms with Crippen molar-refractivity contribution in [3.05, 3.63) is 60.3 Å². The van der Waals surface area contributed by atoms with Crippen molar-refractivity contribution in [2.45, 2.75) is 17.6 Å². The largest absolute Gasteiger partial charge is 0.468 e. The number of piperazine rings is 1. The second-order valence-electron chi connectivity index (χ2n) is 7.45. The van der Waals surface area contributed by atoms with Crippen LogP contribution in [0.3, 0.4) is 0 Å². The molecule has 1 fully saturated rings. The van der Waals surface area contributed by atoms with Gasteiger partial charge in [-0.1, -0.05) is 0 Å². The van der Waals surface area contributed by atoms with E-state index in [9.17, 15) is 22.2 Å². The summed E-state index contributed by atoms with van der Waals surface area (Å²) in [6.07, 6.45) is -2.56. The molecule has 1 saturated heterocycles. The molecule has 1 aliphatic rings. The molecular formula is C22H22F3N3O3S. The van der Waals surface area contributed by atoms with Crippen molar-refractivity contribution in [3.63, 3.8) is 0 Å². The van der Waals surface area contributed by atoms with Crippen molar-refractivity contribution in [2.24, 2.45) is 0 Å². The fourth-order valence-corrected chi connectivity index (χ4v) is 4.96. The number of aromatic nitrogens is 1. The minimum atomic E-state index is -4.35. The van der Waals surface area contributed by atoms with Crippen LogP contribution in [0.4, 0.5) is 18.9 Å². The molecule has 170 valence electrons. The summed E-state index contributed by atoms with van der Waals surface area (Å²) >= 11 is 0. The normalized spacial score (nSPS) is 16.3. The lowest BCUT2D eigenvalue weighted by Gasteiger charge is -2.35. The quantitative estimate of drug-likeness (QED) is 0.540. The molecule has 0 spiro atoms. The van der Waals surface area contributed by atoms with Gasteiger partial charge in [-0.3, -0.25) is 4.79 Å². The van der Waals surface area contributed by atoms with Gasteiger partial charge in [0.15, 0.2) is 0 Å². The zero-order chi connectivity index (χ0) is 22.9. The number of benzene rings is 2. The lowest BCUT2D eigenvalue weighted by atomic mass is 10.2. The van der Waals surface area contributed by atoms with Gasteiger partial charge in [0.1, 0.15) is 17.5 Å². The third-order valence-corrected chi connectivity index (χ3v) is 7.00. The van der Waals surface area contributed by atoms with Crippen molar-refractivity contribution in [1.82, 2.24) is 8.87 Å². The van der Waals surface area contributed by atoms with Crippen LogP contribution in [0.25, 0.3) is 10.9 Å². The number of nitrogens with zero attached hydrogens (tertiary/aromatic N) is 3. The fourth-order valence-electron chi connectivity index (χ4n) is 3.75. The van der Waals surface area contributed by atoms with Crippen molar-refractivity contribution in [3.8, 4) is 0 Å². The highest BCUT2D eigenvalue weighted by atomic mass is 32.2. The van der Waals surface area contributed by atoms with Gasteiger partial charge in [-0.2, -0.15) is 13.2 Å². The van der Waals surface area contributed by atoms with Gasteiger partial charge >= 0.3 is 12.1 Å². The number of halogens is 3. The third-order valence-electron chi connectivity index (χ3n) is 5.50. The number of anilines is 1. The van der Waals surface area contributed by atoms with E-state index in [0.717, 1.165) is 28.7 Å². The SMILES string of the molecule is COC(=O)Cn1ccc2cc(S(=O)N3CCN(c4ccc(C(F)(F)F)cc4)CC3)ccc21. The summed E-state index contributed by atoms with van der Waals surface area (Å²) in [4.78, 5) is 14.2. The zero-order valence-electron chi connectivity index (χ0n) is 17.3. The second kappa shape index (κ2) is 8.95. The van der Waals surface area contributed by atoms with Crippen molar-refractivity contribution >= 4 is 33.5 Å². The first-order valence-electron chi connectivity index (χ1n) is 10.0. The van der Waals surface area contributed by atoms with E-state index in [0.29, 0.717) is 31.1 Å². The summed E-state index contributed by atoms with van der Waals surface area (Å²) < 4.78 is 59.7. The molecule has 4 rings (SSSR count). The van der Waals surface area contributed by atoms with Gasteiger partial charge in [-0.05, 0) is 48.5 Å². The fraction of sp³-hybridized carbons (Fsp3) is 0.318. The Kier molecular flexibility index (Phi) is 6.25. The molecule has 0 amide bonds. The second-order valence-corrected chi connectivity index (χ2v) is 8.94. The Morgan fingerprint density at radius 1 is 1.03 bits per heavy atom. The number of alkyl halides is 3. The predicted molar refractivity (Wildman–Crippen MR) is 116 cm³/mol. The summed E-state index contributed by atoms with van der Waals surface area (Å²) in [6, 6.07) is 12.5. The van der Waals surface area contributed by atoms with E-state index in [1.54, 1.807) is 16.8 Å². The highest BCUT2D eigenvalue weighted by molar-refractivity contribution is 7.82. The number of hydrogen-bond donors (Lipinski definition) is 0. The zero-order valence-corrected chi connectivity index (χ0v) is 18.2. The highest BCUT2D eigenvalue weighted by Gasteiger charge is 2.30. The molecule has 2 aromatic carbocycles. The molecule has 2 heterocycles. The van der Waals surface area contributed by atoms with Gasteiger partial charge < -0.3 is 14.2 Å². The number of methoxy groups -OCH3 is 1. The number of rotatable bonds is 5. The molecule has 1 atom stereocenters. The Morgan fingerprint density at radius 3 is 2.34 bits per heavy atom. The maximum absolute atomic E-state index is 13.1. The molecule has 0 radical (unpaired) electrons. The number of esters is 1. The van der Waals surface area contributed by atoms with Crippen LogP contribution in [0.2, 0.25) is 0 Å². The molecule has 6 nitrogen and oxygen atoms in total. The minimum Gasteiger partial charge on any atom is -0.468 e. The molecule has 0 saturated carbocycles. The maximum Gasteiger partial charge on any atom is 0.416 e. The average molecular weight is 465 g/mol. The van der Waals surface area contributed by atoms with Crippen molar-refractivity contribution < 1.29 is 26.9 Å². The molecular weight excluding hydrogens is 443 g/mol. The Hall–Kier alpha value is -2.85. The molecule has 32 heavy (non-hydrogen) atoms. The van der Waals surface area contributed by atoms with E-state index in [1.165, 1.54) is 19.2 Å². The lowest BCUT2D eigenvalue weighted by molar-refractivity contribution is -0.141.